The molecule has 1 aliphatic carbocycles. The molecule has 0 amide bonds. The molecule has 1 N–H and O–H groups in total. The molecular weight excluding hydrogens is 632 g/mol. The van der Waals surface area contributed by atoms with Crippen LogP contribution in [-0.2, 0) is 35.8 Å². The van der Waals surface area contributed by atoms with E-state index in [9.17, 15) is 21.6 Å². The van der Waals surface area contributed by atoms with E-state index in [-0.39, 0.29) is 18.0 Å². The standard InChI is InChI=1S/C39H38F3N3O2S/c40-39(41,42)36-20-16-34(17-21-36)35-18-22-38(23-19-35)48(46,47)45(28-31-5-4-24-43-25-31)27-30-10-14-33(15-11-30)32-12-8-29(9-13-32)26-44-37-6-2-1-3-7-37/h4-5,8-25,37,44H,1-3,6-7,26-28H2. The molecule has 1 aromatic heterocycles. The van der Waals surface area contributed by atoms with Gasteiger partial charge in [0.1, 0.15) is 0 Å². The molecule has 0 bridgehead atoms. The molecule has 0 atom stereocenters. The van der Waals surface area contributed by atoms with E-state index < -0.39 is 21.8 Å². The fourth-order valence-electron chi connectivity index (χ4n) is 6.13. The largest absolute Gasteiger partial charge is 0.416 e. The van der Waals surface area contributed by atoms with Gasteiger partial charge in [0.15, 0.2) is 0 Å². The number of nitrogens with zero attached hydrogens (tertiary/aromatic N) is 2. The highest BCUT2D eigenvalue weighted by atomic mass is 32.2. The highest BCUT2D eigenvalue weighted by Gasteiger charge is 2.30. The molecule has 1 fully saturated rings. The summed E-state index contributed by atoms with van der Waals surface area (Å²) in [6, 6.07) is 31.7. The van der Waals surface area contributed by atoms with Crippen molar-refractivity contribution < 1.29 is 21.6 Å². The summed E-state index contributed by atoms with van der Waals surface area (Å²) in [5.74, 6) is 0. The Morgan fingerprint density at radius 1 is 0.667 bits per heavy atom. The minimum Gasteiger partial charge on any atom is -0.310 e. The average molecular weight is 670 g/mol. The minimum atomic E-state index is -4.43. The summed E-state index contributed by atoms with van der Waals surface area (Å²) in [6.07, 6.45) is 5.32. The monoisotopic (exact) mass is 669 g/mol. The SMILES string of the molecule is O=S(=O)(c1ccc(-c2ccc(C(F)(F)F)cc2)cc1)N(Cc1ccc(-c2ccc(CNC3CCCCC3)cc2)cc1)Cc1cccnc1. The van der Waals surface area contributed by atoms with Gasteiger partial charge in [-0.1, -0.05) is 98.1 Å². The van der Waals surface area contributed by atoms with Gasteiger partial charge in [-0.2, -0.15) is 17.5 Å². The third-order valence-electron chi connectivity index (χ3n) is 8.92. The van der Waals surface area contributed by atoms with Crippen molar-refractivity contribution in [3.63, 3.8) is 0 Å². The van der Waals surface area contributed by atoms with Crippen molar-refractivity contribution in [1.82, 2.24) is 14.6 Å². The molecule has 48 heavy (non-hydrogen) atoms. The fraction of sp³-hybridized carbons (Fsp3) is 0.256. The predicted molar refractivity (Wildman–Crippen MR) is 183 cm³/mol. The van der Waals surface area contributed by atoms with Crippen LogP contribution in [0.3, 0.4) is 0 Å². The van der Waals surface area contributed by atoms with Crippen molar-refractivity contribution in [3.05, 3.63) is 144 Å². The average Bonchev–Trinajstić information content (AvgIpc) is 3.12. The Morgan fingerprint density at radius 3 is 1.73 bits per heavy atom. The molecule has 9 heteroatoms. The van der Waals surface area contributed by atoms with Gasteiger partial charge >= 0.3 is 6.18 Å². The van der Waals surface area contributed by atoms with Crippen LogP contribution in [0.1, 0.15) is 54.4 Å². The topological polar surface area (TPSA) is 62.3 Å². The summed E-state index contributed by atoms with van der Waals surface area (Å²) in [6.45, 7) is 1.13. The van der Waals surface area contributed by atoms with E-state index in [1.807, 2.05) is 30.3 Å². The second-order valence-electron chi connectivity index (χ2n) is 12.3. The lowest BCUT2D eigenvalue weighted by atomic mass is 9.95. The van der Waals surface area contributed by atoms with E-state index in [4.69, 9.17) is 0 Å². The quantitative estimate of drug-likeness (QED) is 0.152. The first-order valence-electron chi connectivity index (χ1n) is 16.2. The Bertz CT molecular complexity index is 1870. The molecular formula is C39H38F3N3O2S. The third-order valence-corrected chi connectivity index (χ3v) is 10.7. The number of hydrogen-bond donors (Lipinski definition) is 1. The van der Waals surface area contributed by atoms with Crippen LogP contribution in [0.15, 0.2) is 126 Å². The van der Waals surface area contributed by atoms with Gasteiger partial charge in [-0.3, -0.25) is 4.98 Å². The summed E-state index contributed by atoms with van der Waals surface area (Å²) < 4.78 is 68.4. The normalized spacial score (nSPS) is 14.3. The Kier molecular flexibility index (Phi) is 10.4. The van der Waals surface area contributed by atoms with Crippen molar-refractivity contribution in [1.29, 1.82) is 0 Å². The van der Waals surface area contributed by atoms with Gasteiger partial charge in [0.05, 0.1) is 10.5 Å². The van der Waals surface area contributed by atoms with Gasteiger partial charge in [0.2, 0.25) is 10.0 Å². The Morgan fingerprint density at radius 2 is 1.19 bits per heavy atom. The maximum Gasteiger partial charge on any atom is 0.416 e. The van der Waals surface area contributed by atoms with Crippen LogP contribution in [-0.4, -0.2) is 23.7 Å². The summed E-state index contributed by atoms with van der Waals surface area (Å²) in [5.41, 5.74) is 5.42. The minimum absolute atomic E-state index is 0.0942. The lowest BCUT2D eigenvalue weighted by molar-refractivity contribution is -0.137. The highest BCUT2D eigenvalue weighted by molar-refractivity contribution is 7.89. The predicted octanol–water partition coefficient (Wildman–Crippen LogP) is 9.25. The molecule has 1 heterocycles. The van der Waals surface area contributed by atoms with E-state index in [0.29, 0.717) is 17.2 Å². The Balaban J connectivity index is 1.17. The molecule has 1 saturated carbocycles. The lowest BCUT2D eigenvalue weighted by Gasteiger charge is -2.23. The first kappa shape index (κ1) is 33.6. The number of sulfonamides is 1. The zero-order chi connectivity index (χ0) is 33.6. The molecule has 0 saturated heterocycles. The van der Waals surface area contributed by atoms with Crippen molar-refractivity contribution in [2.24, 2.45) is 0 Å². The van der Waals surface area contributed by atoms with Crippen LogP contribution < -0.4 is 5.32 Å². The van der Waals surface area contributed by atoms with E-state index in [1.165, 1.54) is 66.2 Å². The number of benzene rings is 4. The molecule has 0 aliphatic heterocycles. The van der Waals surface area contributed by atoms with Crippen molar-refractivity contribution in [3.8, 4) is 22.3 Å². The number of pyridine rings is 1. The van der Waals surface area contributed by atoms with Gasteiger partial charge in [-0.25, -0.2) is 8.42 Å². The van der Waals surface area contributed by atoms with Gasteiger partial charge in [-0.05, 0) is 82.1 Å². The van der Waals surface area contributed by atoms with Crippen molar-refractivity contribution >= 4 is 10.0 Å². The molecule has 0 radical (unpaired) electrons. The lowest BCUT2D eigenvalue weighted by Crippen LogP contribution is -2.30. The number of halogens is 3. The van der Waals surface area contributed by atoms with Crippen LogP contribution in [0.25, 0.3) is 22.3 Å². The van der Waals surface area contributed by atoms with Gasteiger partial charge in [0, 0.05) is 38.1 Å². The first-order chi connectivity index (χ1) is 23.1. The summed E-state index contributed by atoms with van der Waals surface area (Å²) in [4.78, 5) is 4.25. The zero-order valence-corrected chi connectivity index (χ0v) is 27.4. The van der Waals surface area contributed by atoms with Crippen LogP contribution in [0.4, 0.5) is 13.2 Å². The maximum atomic E-state index is 14.0. The molecule has 0 unspecified atom stereocenters. The molecule has 0 spiro atoms. The molecule has 1 aliphatic rings. The second kappa shape index (κ2) is 14.8. The molecule has 4 aromatic carbocycles. The molecule has 5 nitrogen and oxygen atoms in total. The Labute approximate surface area is 280 Å². The summed E-state index contributed by atoms with van der Waals surface area (Å²) in [5, 5.41) is 3.69. The number of rotatable bonds is 11. The van der Waals surface area contributed by atoms with Crippen molar-refractivity contribution in [2.45, 2.75) is 68.9 Å². The van der Waals surface area contributed by atoms with Gasteiger partial charge in [0.25, 0.3) is 0 Å². The molecule has 5 aromatic rings. The molecule has 6 rings (SSSR count). The summed E-state index contributed by atoms with van der Waals surface area (Å²) >= 11 is 0. The third kappa shape index (κ3) is 8.39. The number of aromatic nitrogens is 1. The van der Waals surface area contributed by atoms with Crippen LogP contribution in [0, 0.1) is 0 Å². The van der Waals surface area contributed by atoms with Crippen LogP contribution >= 0.6 is 0 Å². The van der Waals surface area contributed by atoms with Crippen LogP contribution in [0.5, 0.6) is 0 Å². The van der Waals surface area contributed by atoms with E-state index in [0.717, 1.165) is 40.9 Å². The zero-order valence-electron chi connectivity index (χ0n) is 26.5. The maximum absolute atomic E-state index is 14.0. The van der Waals surface area contributed by atoms with E-state index in [2.05, 4.69) is 34.6 Å². The molecule has 248 valence electrons. The number of hydrogen-bond acceptors (Lipinski definition) is 4. The van der Waals surface area contributed by atoms with Gasteiger partial charge < -0.3 is 5.32 Å². The van der Waals surface area contributed by atoms with E-state index in [1.54, 1.807) is 30.6 Å². The smallest absolute Gasteiger partial charge is 0.310 e. The summed E-state index contributed by atoms with van der Waals surface area (Å²) in [7, 11) is -3.95. The van der Waals surface area contributed by atoms with Crippen molar-refractivity contribution in [2.75, 3.05) is 0 Å². The number of alkyl halides is 3. The first-order valence-corrected chi connectivity index (χ1v) is 17.7. The Hall–Kier alpha value is -4.31. The highest BCUT2D eigenvalue weighted by Crippen LogP contribution is 2.32. The fourth-order valence-corrected chi connectivity index (χ4v) is 7.55. The van der Waals surface area contributed by atoms with Gasteiger partial charge in [-0.15, -0.1) is 0 Å². The number of nitrogens with one attached hydrogen (secondary N) is 1. The van der Waals surface area contributed by atoms with Crippen LogP contribution in [0.2, 0.25) is 0 Å². The second-order valence-corrected chi connectivity index (χ2v) is 14.3. The van der Waals surface area contributed by atoms with E-state index >= 15 is 0 Å².